The van der Waals surface area contributed by atoms with Crippen molar-refractivity contribution in [2.75, 3.05) is 11.5 Å². The van der Waals surface area contributed by atoms with E-state index in [1.807, 2.05) is 30.0 Å². The van der Waals surface area contributed by atoms with E-state index in [9.17, 15) is 9.59 Å². The number of hydrogen-bond acceptors (Lipinski definition) is 5. The van der Waals surface area contributed by atoms with E-state index < -0.39 is 8.32 Å². The SMILES string of the molecule is CCOC(=O)c1sc2ccccc2c1N(C(=O)[C@H]1CC[C@H](C)CC1)[C@H]1CC[C@@H](O[Si](C)(C)C(C)(C)C)CC1. The Morgan fingerprint density at radius 2 is 1.63 bits per heavy atom. The van der Waals surface area contributed by atoms with Crippen LogP contribution < -0.4 is 4.90 Å². The molecule has 0 N–H and O–H groups in total. The molecule has 0 atom stereocenters. The minimum Gasteiger partial charge on any atom is -0.462 e. The quantitative estimate of drug-likeness (QED) is 0.253. The van der Waals surface area contributed by atoms with Gasteiger partial charge in [0.15, 0.2) is 8.32 Å². The van der Waals surface area contributed by atoms with Crippen molar-refractivity contribution in [3.05, 3.63) is 29.1 Å². The summed E-state index contributed by atoms with van der Waals surface area (Å²) in [6.07, 6.45) is 7.94. The molecule has 0 saturated heterocycles. The van der Waals surface area contributed by atoms with Gasteiger partial charge in [-0.2, -0.15) is 0 Å². The van der Waals surface area contributed by atoms with Crippen molar-refractivity contribution in [3.63, 3.8) is 0 Å². The van der Waals surface area contributed by atoms with Gasteiger partial charge in [-0.15, -0.1) is 11.3 Å². The van der Waals surface area contributed by atoms with Crippen molar-refractivity contribution >= 4 is 47.3 Å². The first-order chi connectivity index (χ1) is 17.9. The number of amides is 1. The lowest BCUT2D eigenvalue weighted by Gasteiger charge is -2.43. The molecule has 2 aromatic rings. The fourth-order valence-electron chi connectivity index (χ4n) is 5.80. The van der Waals surface area contributed by atoms with E-state index in [2.05, 4.69) is 46.9 Å². The van der Waals surface area contributed by atoms with Gasteiger partial charge in [-0.05, 0) is 88.4 Å². The van der Waals surface area contributed by atoms with E-state index in [1.165, 1.54) is 11.3 Å². The highest BCUT2D eigenvalue weighted by Crippen LogP contribution is 2.45. The van der Waals surface area contributed by atoms with Crippen LogP contribution in [-0.2, 0) is 14.0 Å². The number of carbonyl (C=O) groups is 2. The summed E-state index contributed by atoms with van der Waals surface area (Å²) in [6.45, 7) is 15.9. The third-order valence-electron chi connectivity index (χ3n) is 9.15. The number of rotatable bonds is 7. The van der Waals surface area contributed by atoms with Crippen LogP contribution >= 0.6 is 11.3 Å². The third kappa shape index (κ3) is 6.20. The molecule has 4 rings (SSSR count). The van der Waals surface area contributed by atoms with Gasteiger partial charge in [0.1, 0.15) is 4.88 Å². The van der Waals surface area contributed by atoms with E-state index >= 15 is 0 Å². The molecule has 1 amide bonds. The van der Waals surface area contributed by atoms with Gasteiger partial charge in [0, 0.05) is 28.1 Å². The standard InChI is InChI=1S/C31H47NO4SSi/c1-8-35-30(34)28-27(25-11-9-10-12-26(25)37-28)32(29(33)22-15-13-21(2)14-16-22)23-17-19-24(20-18-23)36-38(6,7)31(3,4)5/h9-12,21-24H,8,13-20H2,1-7H3/t21-,22-,23-,24+. The van der Waals surface area contributed by atoms with E-state index in [-0.39, 0.29) is 35.0 Å². The molecule has 5 nitrogen and oxygen atoms in total. The van der Waals surface area contributed by atoms with Gasteiger partial charge in [-0.25, -0.2) is 4.79 Å². The Morgan fingerprint density at radius 3 is 2.24 bits per heavy atom. The zero-order valence-corrected chi connectivity index (χ0v) is 26.3. The summed E-state index contributed by atoms with van der Waals surface area (Å²) in [5, 5.41) is 1.16. The summed E-state index contributed by atoms with van der Waals surface area (Å²) in [5.74, 6) is 0.557. The molecule has 2 aliphatic carbocycles. The Kier molecular flexibility index (Phi) is 9.10. The summed E-state index contributed by atoms with van der Waals surface area (Å²) in [7, 11) is -1.86. The van der Waals surface area contributed by atoms with Gasteiger partial charge >= 0.3 is 5.97 Å². The lowest BCUT2D eigenvalue weighted by atomic mass is 9.81. The van der Waals surface area contributed by atoms with Crippen LogP contribution in [0, 0.1) is 11.8 Å². The van der Waals surface area contributed by atoms with Crippen LogP contribution in [0.15, 0.2) is 24.3 Å². The molecule has 0 aliphatic heterocycles. The number of ether oxygens (including phenoxy) is 1. The fourth-order valence-corrected chi connectivity index (χ4v) is 8.31. The number of benzene rings is 1. The lowest BCUT2D eigenvalue weighted by Crippen LogP contribution is -2.49. The van der Waals surface area contributed by atoms with Gasteiger partial charge in [0.05, 0.1) is 12.3 Å². The van der Waals surface area contributed by atoms with Gasteiger partial charge in [-0.3, -0.25) is 4.79 Å². The third-order valence-corrected chi connectivity index (χ3v) is 14.8. The number of anilines is 1. The number of carbonyl (C=O) groups excluding carboxylic acids is 2. The Balaban J connectivity index is 1.68. The van der Waals surface area contributed by atoms with E-state index in [0.29, 0.717) is 17.4 Å². The smallest absolute Gasteiger partial charge is 0.350 e. The average molecular weight is 558 g/mol. The maximum Gasteiger partial charge on any atom is 0.350 e. The van der Waals surface area contributed by atoms with E-state index in [1.54, 1.807) is 0 Å². The van der Waals surface area contributed by atoms with Crippen molar-refractivity contribution in [1.82, 2.24) is 0 Å². The maximum absolute atomic E-state index is 14.4. The Morgan fingerprint density at radius 1 is 1.00 bits per heavy atom. The maximum atomic E-state index is 14.4. The molecular formula is C31H47NO4SSi. The first-order valence-electron chi connectivity index (χ1n) is 14.6. The molecule has 7 heteroatoms. The van der Waals surface area contributed by atoms with Crippen molar-refractivity contribution in [3.8, 4) is 0 Å². The molecule has 1 heterocycles. The molecule has 0 unspecified atom stereocenters. The first kappa shape index (κ1) is 29.3. The predicted octanol–water partition coefficient (Wildman–Crippen LogP) is 8.57. The second-order valence-electron chi connectivity index (χ2n) is 13.0. The molecule has 2 aliphatic rings. The van der Waals surface area contributed by atoms with Crippen LogP contribution in [0.2, 0.25) is 18.1 Å². The van der Waals surface area contributed by atoms with Crippen LogP contribution in [-0.4, -0.2) is 38.9 Å². The fraction of sp³-hybridized carbons (Fsp3) is 0.677. The van der Waals surface area contributed by atoms with Gasteiger partial charge in [0.25, 0.3) is 0 Å². The number of fused-ring (bicyclic) bond motifs is 1. The van der Waals surface area contributed by atoms with Crippen molar-refractivity contribution in [2.45, 2.75) is 116 Å². The summed E-state index contributed by atoms with van der Waals surface area (Å²) >= 11 is 1.45. The molecule has 0 radical (unpaired) electrons. The predicted molar refractivity (Wildman–Crippen MR) is 161 cm³/mol. The zero-order valence-electron chi connectivity index (χ0n) is 24.5. The van der Waals surface area contributed by atoms with E-state index in [4.69, 9.17) is 9.16 Å². The Bertz CT molecular complexity index is 1120. The van der Waals surface area contributed by atoms with Crippen LogP contribution in [0.4, 0.5) is 5.69 Å². The minimum atomic E-state index is -1.86. The molecule has 210 valence electrons. The molecule has 1 aromatic carbocycles. The van der Waals surface area contributed by atoms with Gasteiger partial charge in [0.2, 0.25) is 5.91 Å². The molecule has 0 spiro atoms. The summed E-state index contributed by atoms with van der Waals surface area (Å²) in [4.78, 5) is 30.2. The largest absolute Gasteiger partial charge is 0.462 e. The molecule has 1 aromatic heterocycles. The summed E-state index contributed by atoms with van der Waals surface area (Å²) in [5.41, 5.74) is 0.779. The van der Waals surface area contributed by atoms with Crippen LogP contribution in [0.25, 0.3) is 10.1 Å². The molecular weight excluding hydrogens is 510 g/mol. The van der Waals surface area contributed by atoms with Crippen molar-refractivity contribution < 1.29 is 18.8 Å². The Hall–Kier alpha value is -1.70. The molecule has 2 fully saturated rings. The monoisotopic (exact) mass is 557 g/mol. The number of esters is 1. The van der Waals surface area contributed by atoms with Gasteiger partial charge in [-0.1, -0.05) is 45.9 Å². The average Bonchev–Trinajstić information content (AvgIpc) is 3.24. The topological polar surface area (TPSA) is 55.8 Å². The molecule has 38 heavy (non-hydrogen) atoms. The molecule has 2 saturated carbocycles. The number of hydrogen-bond donors (Lipinski definition) is 0. The highest BCUT2D eigenvalue weighted by molar-refractivity contribution is 7.21. The Labute approximate surface area is 234 Å². The minimum absolute atomic E-state index is 0.0149. The zero-order chi connectivity index (χ0) is 27.7. The highest BCUT2D eigenvalue weighted by atomic mass is 32.1. The normalized spacial score (nSPS) is 24.8. The van der Waals surface area contributed by atoms with Crippen molar-refractivity contribution in [2.24, 2.45) is 11.8 Å². The summed E-state index contributed by atoms with van der Waals surface area (Å²) in [6, 6.07) is 8.16. The molecule has 0 bridgehead atoms. The number of thiophene rings is 1. The van der Waals surface area contributed by atoms with Crippen LogP contribution in [0.1, 0.15) is 95.7 Å². The van der Waals surface area contributed by atoms with Crippen LogP contribution in [0.5, 0.6) is 0 Å². The summed E-state index contributed by atoms with van der Waals surface area (Å²) < 4.78 is 13.3. The van der Waals surface area contributed by atoms with E-state index in [0.717, 1.165) is 67.1 Å². The second kappa shape index (κ2) is 11.8. The first-order valence-corrected chi connectivity index (χ1v) is 18.3. The van der Waals surface area contributed by atoms with Crippen molar-refractivity contribution in [1.29, 1.82) is 0 Å². The highest BCUT2D eigenvalue weighted by Gasteiger charge is 2.42. The second-order valence-corrected chi connectivity index (χ2v) is 18.8. The van der Waals surface area contributed by atoms with Gasteiger partial charge < -0.3 is 14.1 Å². The van der Waals surface area contributed by atoms with Crippen LogP contribution in [0.3, 0.4) is 0 Å². The lowest BCUT2D eigenvalue weighted by molar-refractivity contribution is -0.124. The number of nitrogens with zero attached hydrogens (tertiary/aromatic N) is 1.